The van der Waals surface area contributed by atoms with E-state index in [1.165, 1.54) is 12.1 Å². The summed E-state index contributed by atoms with van der Waals surface area (Å²) in [6.07, 6.45) is 6.84. The Hall–Kier alpha value is -4.02. The molecule has 6 rings (SSSR count). The summed E-state index contributed by atoms with van der Waals surface area (Å²) in [6.45, 7) is 2.44. The van der Waals surface area contributed by atoms with E-state index in [2.05, 4.69) is 25.5 Å². The average Bonchev–Trinajstić information content (AvgIpc) is 3.48. The Kier molecular flexibility index (Phi) is 6.00. The number of anilines is 3. The highest BCUT2D eigenvalue weighted by atomic mass is 19.1. The highest BCUT2D eigenvalue weighted by Crippen LogP contribution is 2.35. The van der Waals surface area contributed by atoms with E-state index in [0.29, 0.717) is 42.4 Å². The van der Waals surface area contributed by atoms with Gasteiger partial charge in [-0.05, 0) is 56.8 Å². The Labute approximate surface area is 219 Å². The second kappa shape index (κ2) is 9.38. The van der Waals surface area contributed by atoms with Crippen LogP contribution in [0.2, 0.25) is 0 Å². The number of pyridine rings is 2. The van der Waals surface area contributed by atoms with E-state index in [1.807, 2.05) is 47.7 Å². The summed E-state index contributed by atoms with van der Waals surface area (Å²) >= 11 is 0. The van der Waals surface area contributed by atoms with Crippen LogP contribution in [0.1, 0.15) is 28.8 Å². The Balaban J connectivity index is 1.26. The van der Waals surface area contributed by atoms with E-state index in [4.69, 9.17) is 0 Å². The molecule has 1 saturated heterocycles. The highest BCUT2D eigenvalue weighted by molar-refractivity contribution is 6.06. The number of rotatable bonds is 6. The first kappa shape index (κ1) is 24.3. The van der Waals surface area contributed by atoms with Gasteiger partial charge in [-0.3, -0.25) is 9.20 Å². The molecule has 0 unspecified atom stereocenters. The van der Waals surface area contributed by atoms with Gasteiger partial charge in [0.05, 0.1) is 40.6 Å². The van der Waals surface area contributed by atoms with Gasteiger partial charge >= 0.3 is 0 Å². The monoisotopic (exact) mass is 515 g/mol. The molecule has 3 aromatic heterocycles. The second-order valence-electron chi connectivity index (χ2n) is 10.4. The SMILES string of the molecule is CN(C)C[C@]1(O)CCCN(c2ccc(Nc3ccc(-c4cnc5cc(F)ccn45)c4c3C(=O)NC4)nc2)C1. The number of carbonyl (C=O) groups excluding carboxylic acids is 1. The van der Waals surface area contributed by atoms with Crippen molar-refractivity contribution in [2.24, 2.45) is 0 Å². The van der Waals surface area contributed by atoms with Crippen LogP contribution in [0.25, 0.3) is 16.9 Å². The number of aliphatic hydroxyl groups is 1. The lowest BCUT2D eigenvalue weighted by Gasteiger charge is -2.41. The lowest BCUT2D eigenvalue weighted by molar-refractivity contribution is 0.00369. The predicted molar refractivity (Wildman–Crippen MR) is 144 cm³/mol. The zero-order valence-corrected chi connectivity index (χ0v) is 21.4. The number of hydrogen-bond acceptors (Lipinski definition) is 7. The van der Waals surface area contributed by atoms with Crippen LogP contribution in [-0.2, 0) is 6.54 Å². The molecule has 9 nitrogen and oxygen atoms in total. The molecule has 1 aromatic carbocycles. The number of hydrogen-bond donors (Lipinski definition) is 3. The van der Waals surface area contributed by atoms with E-state index in [0.717, 1.165) is 41.9 Å². The number of benzene rings is 1. The van der Waals surface area contributed by atoms with Gasteiger partial charge in [-0.1, -0.05) is 6.07 Å². The minimum absolute atomic E-state index is 0.158. The maximum atomic E-state index is 13.7. The fourth-order valence-electron chi connectivity index (χ4n) is 5.68. The van der Waals surface area contributed by atoms with E-state index in [9.17, 15) is 14.3 Å². The lowest BCUT2D eigenvalue weighted by Crippen LogP contribution is -2.53. The van der Waals surface area contributed by atoms with Crippen molar-refractivity contribution in [2.75, 3.05) is 43.9 Å². The van der Waals surface area contributed by atoms with Gasteiger partial charge in [-0.25, -0.2) is 14.4 Å². The van der Waals surface area contributed by atoms with Gasteiger partial charge in [0.25, 0.3) is 5.91 Å². The first-order valence-corrected chi connectivity index (χ1v) is 12.7. The summed E-state index contributed by atoms with van der Waals surface area (Å²) in [6, 6.07) is 10.5. The summed E-state index contributed by atoms with van der Waals surface area (Å²) in [7, 11) is 3.95. The van der Waals surface area contributed by atoms with Gasteiger partial charge in [0.1, 0.15) is 17.3 Å². The summed E-state index contributed by atoms with van der Waals surface area (Å²) < 4.78 is 15.5. The van der Waals surface area contributed by atoms with Gasteiger partial charge < -0.3 is 25.5 Å². The summed E-state index contributed by atoms with van der Waals surface area (Å²) in [5, 5.41) is 17.2. The molecule has 1 amide bonds. The topological polar surface area (TPSA) is 98.0 Å². The molecule has 2 aliphatic heterocycles. The molecular weight excluding hydrogens is 485 g/mol. The molecule has 2 aliphatic rings. The van der Waals surface area contributed by atoms with Gasteiger partial charge in [0.2, 0.25) is 0 Å². The third-order valence-corrected chi connectivity index (χ3v) is 7.26. The minimum Gasteiger partial charge on any atom is -0.387 e. The molecule has 1 fully saturated rings. The molecule has 3 N–H and O–H groups in total. The number of halogens is 1. The number of imidazole rings is 1. The van der Waals surface area contributed by atoms with E-state index >= 15 is 0 Å². The number of carbonyl (C=O) groups is 1. The predicted octanol–water partition coefficient (Wildman–Crippen LogP) is 3.42. The number of piperidine rings is 1. The van der Waals surface area contributed by atoms with E-state index < -0.39 is 5.60 Å². The number of nitrogens with zero attached hydrogens (tertiary/aromatic N) is 5. The molecule has 5 heterocycles. The first-order valence-electron chi connectivity index (χ1n) is 12.7. The van der Waals surface area contributed by atoms with Crippen LogP contribution in [0.15, 0.2) is 55.0 Å². The molecule has 0 spiro atoms. The number of nitrogens with one attached hydrogen (secondary N) is 2. The summed E-state index contributed by atoms with van der Waals surface area (Å²) in [5.41, 5.74) is 4.45. The van der Waals surface area contributed by atoms with Crippen LogP contribution in [0, 0.1) is 5.82 Å². The summed E-state index contributed by atoms with van der Waals surface area (Å²) in [4.78, 5) is 26.0. The Morgan fingerprint density at radius 1 is 1.18 bits per heavy atom. The number of amides is 1. The maximum Gasteiger partial charge on any atom is 0.254 e. The first-order chi connectivity index (χ1) is 18.3. The minimum atomic E-state index is -0.747. The largest absolute Gasteiger partial charge is 0.387 e. The number of aromatic nitrogens is 3. The van der Waals surface area contributed by atoms with Crippen molar-refractivity contribution in [1.29, 1.82) is 0 Å². The number of likely N-dealkylation sites (N-methyl/N-ethyl adjacent to an activating group) is 1. The Bertz CT molecular complexity index is 1520. The molecule has 0 bridgehead atoms. The van der Waals surface area contributed by atoms with Crippen molar-refractivity contribution in [3.63, 3.8) is 0 Å². The fraction of sp³-hybridized carbons (Fsp3) is 0.321. The van der Waals surface area contributed by atoms with Crippen molar-refractivity contribution in [1.82, 2.24) is 24.6 Å². The molecule has 1 atom stereocenters. The van der Waals surface area contributed by atoms with Crippen LogP contribution in [0.4, 0.5) is 21.6 Å². The zero-order valence-electron chi connectivity index (χ0n) is 21.4. The molecule has 0 saturated carbocycles. The Morgan fingerprint density at radius 2 is 2.05 bits per heavy atom. The molecule has 4 aromatic rings. The van der Waals surface area contributed by atoms with Crippen LogP contribution in [-0.4, -0.2) is 69.6 Å². The molecular formula is C28H30FN7O2. The molecule has 0 radical (unpaired) electrons. The second-order valence-corrected chi connectivity index (χ2v) is 10.4. The number of β-amino-alcohol motifs (C(OH)–C–C–N with tert-alkyl or cyclic N) is 1. The van der Waals surface area contributed by atoms with Crippen molar-refractivity contribution in [2.45, 2.75) is 25.0 Å². The lowest BCUT2D eigenvalue weighted by atomic mass is 9.92. The smallest absolute Gasteiger partial charge is 0.254 e. The van der Waals surface area contributed by atoms with Crippen LogP contribution in [0.5, 0.6) is 0 Å². The number of fused-ring (bicyclic) bond motifs is 2. The van der Waals surface area contributed by atoms with Gasteiger partial charge in [0.15, 0.2) is 0 Å². The summed E-state index contributed by atoms with van der Waals surface area (Å²) in [5.74, 6) is 0.114. The van der Waals surface area contributed by atoms with Crippen molar-refractivity contribution >= 4 is 28.7 Å². The van der Waals surface area contributed by atoms with Crippen LogP contribution in [0.3, 0.4) is 0 Å². The molecule has 196 valence electrons. The molecule has 10 heteroatoms. The third kappa shape index (κ3) is 4.46. The van der Waals surface area contributed by atoms with E-state index in [1.54, 1.807) is 18.6 Å². The van der Waals surface area contributed by atoms with Crippen LogP contribution < -0.4 is 15.5 Å². The maximum absolute atomic E-state index is 13.7. The third-order valence-electron chi connectivity index (χ3n) is 7.26. The average molecular weight is 516 g/mol. The fourth-order valence-corrected chi connectivity index (χ4v) is 5.68. The van der Waals surface area contributed by atoms with Gasteiger partial charge in [-0.15, -0.1) is 0 Å². The zero-order chi connectivity index (χ0) is 26.4. The quantitative estimate of drug-likeness (QED) is 0.362. The molecule has 38 heavy (non-hydrogen) atoms. The normalized spacial score (nSPS) is 19.2. The Morgan fingerprint density at radius 3 is 2.84 bits per heavy atom. The standard InChI is InChI=1S/C28H30FN7O2/c1-34(2)16-28(38)9-3-10-35(17-28)19-4-7-24(30-13-19)33-22-6-5-20(21-14-32-27(37)26(21)22)23-15-31-25-12-18(29)8-11-36(23)25/h4-8,11-13,15,38H,3,9-10,14,16-17H2,1-2H3,(H,30,33)(H,32,37)/t28-/m1/s1. The van der Waals surface area contributed by atoms with Crippen LogP contribution >= 0.6 is 0 Å². The van der Waals surface area contributed by atoms with E-state index in [-0.39, 0.29) is 11.7 Å². The molecule has 0 aliphatic carbocycles. The van der Waals surface area contributed by atoms with Gasteiger partial charge in [-0.2, -0.15) is 0 Å². The van der Waals surface area contributed by atoms with Crippen molar-refractivity contribution in [3.8, 4) is 11.3 Å². The highest BCUT2D eigenvalue weighted by Gasteiger charge is 2.34. The van der Waals surface area contributed by atoms with Crippen molar-refractivity contribution in [3.05, 3.63) is 71.9 Å². The van der Waals surface area contributed by atoms with Gasteiger partial charge in [0, 0.05) is 44.0 Å². The van der Waals surface area contributed by atoms with Crippen molar-refractivity contribution < 1.29 is 14.3 Å².